The number of aromatic amines is 2. The van der Waals surface area contributed by atoms with E-state index in [1.54, 1.807) is 12.4 Å². The fourth-order valence-electron chi connectivity index (χ4n) is 2.85. The van der Waals surface area contributed by atoms with E-state index in [2.05, 4.69) is 19.9 Å². The van der Waals surface area contributed by atoms with Crippen LogP contribution in [0.15, 0.2) is 12.4 Å². The second kappa shape index (κ2) is 9.63. The number of hydrogen-bond acceptors (Lipinski definition) is 4. The van der Waals surface area contributed by atoms with Gasteiger partial charge in [-0.05, 0) is 0 Å². The SMILES string of the molecule is C[N+](C)(C)C(Cc1cnc([Se][Se]c2ncc(CC(C(=O)O)[N+](C)(C)C)[nH]2)[nH]1)C(=O)O. The number of rotatable bonds is 11. The van der Waals surface area contributed by atoms with Gasteiger partial charge in [-0.2, -0.15) is 0 Å². The molecular weight excluding hydrogens is 522 g/mol. The summed E-state index contributed by atoms with van der Waals surface area (Å²) in [6.07, 6.45) is 4.21. The van der Waals surface area contributed by atoms with Gasteiger partial charge in [0.1, 0.15) is 0 Å². The quantitative estimate of drug-likeness (QED) is 0.185. The van der Waals surface area contributed by atoms with E-state index in [4.69, 9.17) is 0 Å². The van der Waals surface area contributed by atoms with Crippen LogP contribution in [-0.4, -0.2) is 132 Å². The summed E-state index contributed by atoms with van der Waals surface area (Å²) in [6, 6.07) is -1.10. The molecule has 166 valence electrons. The molecule has 0 aliphatic rings. The zero-order chi connectivity index (χ0) is 22.7. The number of H-pyrrole nitrogens is 2. The maximum atomic E-state index is 11.6. The molecule has 2 heterocycles. The molecule has 12 heteroatoms. The predicted molar refractivity (Wildman–Crippen MR) is 114 cm³/mol. The van der Waals surface area contributed by atoms with Crippen LogP contribution in [0.3, 0.4) is 0 Å². The summed E-state index contributed by atoms with van der Waals surface area (Å²) in [4.78, 5) is 38.4. The molecule has 0 aliphatic carbocycles. The van der Waals surface area contributed by atoms with Crippen molar-refractivity contribution in [1.82, 2.24) is 19.9 Å². The van der Waals surface area contributed by atoms with E-state index >= 15 is 0 Å². The molecule has 0 amide bonds. The molecule has 2 aromatic heterocycles. The summed E-state index contributed by atoms with van der Waals surface area (Å²) in [6.45, 7) is 0. The average molecular weight is 552 g/mol. The van der Waals surface area contributed by atoms with Crippen molar-refractivity contribution in [3.05, 3.63) is 23.8 Å². The van der Waals surface area contributed by atoms with E-state index in [-0.39, 0.29) is 26.3 Å². The van der Waals surface area contributed by atoms with Gasteiger partial charge < -0.3 is 0 Å². The molecule has 0 radical (unpaired) electrons. The number of nitrogens with zero attached hydrogens (tertiary/aromatic N) is 4. The van der Waals surface area contributed by atoms with Gasteiger partial charge in [-0.3, -0.25) is 0 Å². The van der Waals surface area contributed by atoms with Crippen LogP contribution in [-0.2, 0) is 22.4 Å². The van der Waals surface area contributed by atoms with E-state index < -0.39 is 24.0 Å². The zero-order valence-corrected chi connectivity index (χ0v) is 21.5. The summed E-state index contributed by atoms with van der Waals surface area (Å²) in [5.41, 5.74) is 1.63. The fraction of sp³-hybridized carbons (Fsp3) is 0.556. The van der Waals surface area contributed by atoms with E-state index in [9.17, 15) is 19.8 Å². The molecule has 2 rings (SSSR count). The summed E-state index contributed by atoms with van der Waals surface area (Å²) in [5, 5.41) is 19.0. The molecule has 0 aromatic carbocycles. The number of hydrogen-bond donors (Lipinski definition) is 4. The molecule has 0 bridgehead atoms. The number of nitrogens with one attached hydrogen (secondary N) is 2. The van der Waals surface area contributed by atoms with Crippen LogP contribution in [0.25, 0.3) is 0 Å². The van der Waals surface area contributed by atoms with Crippen molar-refractivity contribution in [2.45, 2.75) is 24.9 Å². The van der Waals surface area contributed by atoms with E-state index in [1.165, 1.54) is 0 Å². The van der Waals surface area contributed by atoms with Crippen molar-refractivity contribution in [3.8, 4) is 0 Å². The van der Waals surface area contributed by atoms with Crippen molar-refractivity contribution in [2.24, 2.45) is 0 Å². The average Bonchev–Trinajstić information content (AvgIpc) is 3.22. The standard InChI is InChI=1S/C18H28N6O4Se2/c1-23(2,3)13(15(25)26)7-11-9-19-17(21-11)29-30-18-20-10-12(22-18)8-14(16(27)28)24(4,5)6/h9-10,13-14H,7-8H2,1-6H3,(H2-2,19,20,21,22,25,26,27,28)/p+2. The summed E-state index contributed by atoms with van der Waals surface area (Å²) in [7, 11) is 11.2. The number of carbonyl (C=O) groups is 2. The Morgan fingerprint density at radius 1 is 0.833 bits per heavy atom. The second-order valence-corrected chi connectivity index (χ2v) is 14.9. The maximum absolute atomic E-state index is 11.6. The van der Waals surface area contributed by atoms with E-state index in [1.807, 2.05) is 42.3 Å². The molecule has 2 atom stereocenters. The molecule has 2 unspecified atom stereocenters. The molecule has 0 saturated heterocycles. The number of imidazole rings is 2. The van der Waals surface area contributed by atoms with Gasteiger partial charge in [-0.1, -0.05) is 0 Å². The van der Waals surface area contributed by atoms with Crippen LogP contribution in [0, 0.1) is 0 Å². The Morgan fingerprint density at radius 2 is 1.17 bits per heavy atom. The van der Waals surface area contributed by atoms with Crippen molar-refractivity contribution in [3.63, 3.8) is 0 Å². The van der Waals surface area contributed by atoms with Gasteiger partial charge in [-0.15, -0.1) is 0 Å². The van der Waals surface area contributed by atoms with Crippen LogP contribution in [0.4, 0.5) is 0 Å². The first-order valence-corrected chi connectivity index (χ1v) is 15.3. The third kappa shape index (κ3) is 6.94. The first kappa shape index (κ1) is 24.6. The van der Waals surface area contributed by atoms with Crippen LogP contribution in [0.1, 0.15) is 11.4 Å². The Hall–Kier alpha value is -1.68. The summed E-state index contributed by atoms with van der Waals surface area (Å²) < 4.78 is 2.38. The zero-order valence-electron chi connectivity index (χ0n) is 18.0. The van der Waals surface area contributed by atoms with Gasteiger partial charge in [0.15, 0.2) is 0 Å². The van der Waals surface area contributed by atoms with Gasteiger partial charge in [-0.25, -0.2) is 0 Å². The van der Waals surface area contributed by atoms with Gasteiger partial charge in [0, 0.05) is 0 Å². The van der Waals surface area contributed by atoms with E-state index in [0.717, 1.165) is 20.8 Å². The molecule has 0 spiro atoms. The van der Waals surface area contributed by atoms with Crippen LogP contribution < -0.4 is 9.45 Å². The second-order valence-electron chi connectivity index (χ2n) is 8.94. The van der Waals surface area contributed by atoms with Crippen LogP contribution in [0.5, 0.6) is 0 Å². The third-order valence-electron chi connectivity index (χ3n) is 4.68. The van der Waals surface area contributed by atoms with Crippen molar-refractivity contribution in [2.75, 3.05) is 42.3 Å². The monoisotopic (exact) mass is 554 g/mol. The first-order valence-electron chi connectivity index (χ1n) is 9.27. The van der Waals surface area contributed by atoms with Gasteiger partial charge in [0.05, 0.1) is 0 Å². The molecule has 10 nitrogen and oxygen atoms in total. The van der Waals surface area contributed by atoms with Gasteiger partial charge >= 0.3 is 187 Å². The van der Waals surface area contributed by atoms with Crippen molar-refractivity contribution >= 4 is 47.6 Å². The summed E-state index contributed by atoms with van der Waals surface area (Å²) >= 11 is 0.115. The number of carboxylic acids is 2. The Bertz CT molecular complexity index is 812. The number of aliphatic carboxylic acids is 2. The Labute approximate surface area is 187 Å². The topological polar surface area (TPSA) is 132 Å². The van der Waals surface area contributed by atoms with Gasteiger partial charge in [0.25, 0.3) is 0 Å². The molecule has 4 N–H and O–H groups in total. The first-order chi connectivity index (χ1) is 13.8. The van der Waals surface area contributed by atoms with Crippen molar-refractivity contribution < 1.29 is 28.8 Å². The molecule has 30 heavy (non-hydrogen) atoms. The number of aromatic nitrogens is 4. The molecule has 0 fully saturated rings. The normalized spacial score (nSPS) is 14.5. The fourth-order valence-corrected chi connectivity index (χ4v) is 7.88. The number of likely N-dealkylation sites (N-methyl/N-ethyl adjacent to an activating group) is 2. The minimum atomic E-state index is -0.829. The predicted octanol–water partition coefficient (Wildman–Crippen LogP) is -2.19. The molecule has 0 saturated carbocycles. The Kier molecular flexibility index (Phi) is 7.90. The third-order valence-corrected chi connectivity index (χ3v) is 10.7. The molecule has 0 aliphatic heterocycles. The van der Waals surface area contributed by atoms with Gasteiger partial charge in [0.2, 0.25) is 0 Å². The van der Waals surface area contributed by atoms with Crippen molar-refractivity contribution in [1.29, 1.82) is 0 Å². The minimum absolute atomic E-state index is 0.0575. The van der Waals surface area contributed by atoms with Crippen LogP contribution >= 0.6 is 0 Å². The van der Waals surface area contributed by atoms with E-state index in [0.29, 0.717) is 21.8 Å². The number of quaternary nitrogens is 2. The molecule has 2 aromatic rings. The Balaban J connectivity index is 1.96. The summed E-state index contributed by atoms with van der Waals surface area (Å²) in [5.74, 6) is -1.66. The number of carboxylic acid groups (broad SMARTS) is 2. The Morgan fingerprint density at radius 3 is 1.43 bits per heavy atom. The molecular formula is C18H30N6O4Se2+2. The van der Waals surface area contributed by atoms with Crippen LogP contribution in [0.2, 0.25) is 0 Å².